The number of rotatable bonds is 4. The maximum atomic E-state index is 12.7. The predicted octanol–water partition coefficient (Wildman–Crippen LogP) is 3.03. The molecule has 0 radical (unpaired) electrons. The van der Waals surface area contributed by atoms with Gasteiger partial charge in [0, 0.05) is 23.6 Å². The van der Waals surface area contributed by atoms with E-state index in [1.54, 1.807) is 12.1 Å². The van der Waals surface area contributed by atoms with Gasteiger partial charge in [0.05, 0.1) is 4.47 Å². The van der Waals surface area contributed by atoms with E-state index in [2.05, 4.69) is 26.6 Å². The molecule has 2 atom stereocenters. The molecular weight excluding hydrogens is 400 g/mol. The van der Waals surface area contributed by atoms with Crippen LogP contribution in [0.2, 0.25) is 0 Å². The van der Waals surface area contributed by atoms with Gasteiger partial charge in [-0.25, -0.2) is 0 Å². The third-order valence-corrected chi connectivity index (χ3v) is 5.26. The van der Waals surface area contributed by atoms with Gasteiger partial charge in [0.15, 0.2) is 11.5 Å². The summed E-state index contributed by atoms with van der Waals surface area (Å²) in [6.45, 7) is 4.89. The van der Waals surface area contributed by atoms with E-state index in [0.29, 0.717) is 41.2 Å². The van der Waals surface area contributed by atoms with E-state index < -0.39 is 0 Å². The van der Waals surface area contributed by atoms with Crippen LogP contribution in [-0.4, -0.2) is 37.1 Å². The van der Waals surface area contributed by atoms with Gasteiger partial charge < -0.3 is 20.1 Å². The Hall–Kier alpha value is -1.76. The number of amides is 2. The highest BCUT2D eigenvalue weighted by Crippen LogP contribution is 2.38. The lowest BCUT2D eigenvalue weighted by atomic mass is 9.85. The van der Waals surface area contributed by atoms with E-state index in [0.717, 1.165) is 19.3 Å². The normalized spacial score (nSPS) is 22.0. The molecule has 142 valence electrons. The molecule has 2 N–H and O–H groups in total. The smallest absolute Gasteiger partial charge is 0.251 e. The number of nitrogens with one attached hydrogen (secondary N) is 2. The van der Waals surface area contributed by atoms with E-state index in [9.17, 15) is 9.59 Å². The first-order valence-electron chi connectivity index (χ1n) is 9.14. The molecule has 0 aromatic heterocycles. The van der Waals surface area contributed by atoms with Crippen LogP contribution < -0.4 is 20.1 Å². The number of hydrogen-bond acceptors (Lipinski definition) is 4. The highest BCUT2D eigenvalue weighted by molar-refractivity contribution is 9.10. The molecule has 1 aromatic rings. The van der Waals surface area contributed by atoms with Gasteiger partial charge in [-0.3, -0.25) is 9.59 Å². The van der Waals surface area contributed by atoms with Crippen LogP contribution in [-0.2, 0) is 4.79 Å². The molecule has 6 nitrogen and oxygen atoms in total. The summed E-state index contributed by atoms with van der Waals surface area (Å²) in [5.41, 5.74) is 0.523. The van der Waals surface area contributed by atoms with Gasteiger partial charge in [0.25, 0.3) is 5.91 Å². The fraction of sp³-hybridized carbons (Fsp3) is 0.579. The molecule has 0 spiro atoms. The zero-order valence-electron chi connectivity index (χ0n) is 15.1. The Balaban J connectivity index is 1.64. The summed E-state index contributed by atoms with van der Waals surface area (Å²) < 4.78 is 11.9. The van der Waals surface area contributed by atoms with Crippen LogP contribution in [0.1, 0.15) is 49.9 Å². The molecule has 1 heterocycles. The number of fused-ring (bicyclic) bond motifs is 1. The average molecular weight is 425 g/mol. The van der Waals surface area contributed by atoms with Crippen LogP contribution in [0, 0.1) is 5.92 Å². The molecule has 0 bridgehead atoms. The van der Waals surface area contributed by atoms with Crippen molar-refractivity contribution in [2.75, 3.05) is 13.2 Å². The highest BCUT2D eigenvalue weighted by Gasteiger charge is 2.29. The summed E-state index contributed by atoms with van der Waals surface area (Å²) >= 11 is 3.44. The number of halogens is 1. The SMILES string of the molecule is CC(C)NC(=O)C1CCCC(NC(=O)c2cc(Br)c3c(c2)OCCO3)C1. The highest BCUT2D eigenvalue weighted by atomic mass is 79.9. The predicted molar refractivity (Wildman–Crippen MR) is 102 cm³/mol. The Morgan fingerprint density at radius 2 is 1.96 bits per heavy atom. The molecule has 7 heteroatoms. The fourth-order valence-corrected chi connectivity index (χ4v) is 4.03. The minimum atomic E-state index is -0.155. The van der Waals surface area contributed by atoms with Crippen molar-refractivity contribution in [1.82, 2.24) is 10.6 Å². The first-order valence-corrected chi connectivity index (χ1v) is 9.93. The number of benzene rings is 1. The molecule has 1 aliphatic heterocycles. The lowest BCUT2D eigenvalue weighted by Gasteiger charge is -2.29. The monoisotopic (exact) mass is 424 g/mol. The van der Waals surface area contributed by atoms with E-state index in [4.69, 9.17) is 9.47 Å². The van der Waals surface area contributed by atoms with Crippen molar-refractivity contribution < 1.29 is 19.1 Å². The number of carbonyl (C=O) groups excluding carboxylic acids is 2. The maximum Gasteiger partial charge on any atom is 0.251 e. The quantitative estimate of drug-likeness (QED) is 0.778. The molecule has 2 unspecified atom stereocenters. The molecule has 1 fully saturated rings. The van der Waals surface area contributed by atoms with Crippen LogP contribution in [0.5, 0.6) is 11.5 Å². The third kappa shape index (κ3) is 4.50. The van der Waals surface area contributed by atoms with Gasteiger partial charge in [-0.05, 0) is 61.2 Å². The fourth-order valence-electron chi connectivity index (χ4n) is 3.47. The second-order valence-electron chi connectivity index (χ2n) is 7.18. The van der Waals surface area contributed by atoms with E-state index in [1.165, 1.54) is 0 Å². The molecule has 1 aromatic carbocycles. The minimum Gasteiger partial charge on any atom is -0.486 e. The van der Waals surface area contributed by atoms with Crippen LogP contribution in [0.15, 0.2) is 16.6 Å². The number of carbonyl (C=O) groups is 2. The summed E-state index contributed by atoms with van der Waals surface area (Å²) in [4.78, 5) is 24.9. The van der Waals surface area contributed by atoms with Gasteiger partial charge in [0.1, 0.15) is 13.2 Å². The lowest BCUT2D eigenvalue weighted by Crippen LogP contribution is -2.43. The van der Waals surface area contributed by atoms with Crippen LogP contribution >= 0.6 is 15.9 Å². The molecule has 26 heavy (non-hydrogen) atoms. The molecule has 2 aliphatic rings. The molecular formula is C19H25BrN2O4. The average Bonchev–Trinajstić information content (AvgIpc) is 2.61. The maximum absolute atomic E-state index is 12.7. The Kier molecular flexibility index (Phi) is 6.06. The third-order valence-electron chi connectivity index (χ3n) is 4.67. The van der Waals surface area contributed by atoms with E-state index in [-0.39, 0.29) is 29.8 Å². The topological polar surface area (TPSA) is 76.7 Å². The first kappa shape index (κ1) is 19.0. The van der Waals surface area contributed by atoms with Gasteiger partial charge in [-0.1, -0.05) is 6.42 Å². The Morgan fingerprint density at radius 3 is 2.73 bits per heavy atom. The Bertz CT molecular complexity index is 692. The first-order chi connectivity index (χ1) is 12.4. The van der Waals surface area contributed by atoms with Gasteiger partial charge in [-0.15, -0.1) is 0 Å². The zero-order chi connectivity index (χ0) is 18.7. The van der Waals surface area contributed by atoms with E-state index >= 15 is 0 Å². The summed E-state index contributed by atoms with van der Waals surface area (Å²) in [7, 11) is 0. The second kappa shape index (κ2) is 8.29. The Labute approximate surface area is 162 Å². The van der Waals surface area contributed by atoms with Crippen molar-refractivity contribution in [3.05, 3.63) is 22.2 Å². The lowest BCUT2D eigenvalue weighted by molar-refractivity contribution is -0.126. The minimum absolute atomic E-state index is 0.00568. The molecule has 1 aliphatic carbocycles. The second-order valence-corrected chi connectivity index (χ2v) is 8.03. The van der Waals surface area contributed by atoms with Crippen LogP contribution in [0.4, 0.5) is 0 Å². The molecule has 3 rings (SSSR count). The van der Waals surface area contributed by atoms with Crippen LogP contribution in [0.25, 0.3) is 0 Å². The summed E-state index contributed by atoms with van der Waals surface area (Å²) in [5.74, 6) is 1.10. The van der Waals surface area contributed by atoms with Crippen molar-refractivity contribution in [3.8, 4) is 11.5 Å². The van der Waals surface area contributed by atoms with Gasteiger partial charge in [-0.2, -0.15) is 0 Å². The zero-order valence-corrected chi connectivity index (χ0v) is 16.7. The van der Waals surface area contributed by atoms with Crippen molar-refractivity contribution in [2.24, 2.45) is 5.92 Å². The van der Waals surface area contributed by atoms with Crippen molar-refractivity contribution in [1.29, 1.82) is 0 Å². The molecule has 0 saturated heterocycles. The van der Waals surface area contributed by atoms with E-state index in [1.807, 2.05) is 13.8 Å². The van der Waals surface area contributed by atoms with Crippen LogP contribution in [0.3, 0.4) is 0 Å². The summed E-state index contributed by atoms with van der Waals surface area (Å²) in [6.07, 6.45) is 3.38. The summed E-state index contributed by atoms with van der Waals surface area (Å²) in [6, 6.07) is 3.59. The number of hydrogen-bond donors (Lipinski definition) is 2. The molecule has 1 saturated carbocycles. The van der Waals surface area contributed by atoms with Gasteiger partial charge in [0.2, 0.25) is 5.91 Å². The van der Waals surface area contributed by atoms with Gasteiger partial charge >= 0.3 is 0 Å². The largest absolute Gasteiger partial charge is 0.486 e. The summed E-state index contributed by atoms with van der Waals surface area (Å²) in [5, 5.41) is 6.04. The Morgan fingerprint density at radius 1 is 1.19 bits per heavy atom. The number of ether oxygens (including phenoxy) is 2. The van der Waals surface area contributed by atoms with Crippen molar-refractivity contribution in [3.63, 3.8) is 0 Å². The van der Waals surface area contributed by atoms with Crippen molar-refractivity contribution in [2.45, 2.75) is 51.6 Å². The van der Waals surface area contributed by atoms with Crippen molar-refractivity contribution >= 4 is 27.7 Å². The standard InChI is InChI=1S/C19H25BrN2O4/c1-11(2)21-18(23)12-4-3-5-14(8-12)22-19(24)13-9-15(20)17-16(10-13)25-6-7-26-17/h9-12,14H,3-8H2,1-2H3,(H,21,23)(H,22,24). The molecule has 2 amide bonds.